The Balaban J connectivity index is 1.78. The lowest BCUT2D eigenvalue weighted by molar-refractivity contribution is -0.505. The van der Waals surface area contributed by atoms with E-state index in [1.54, 1.807) is 11.3 Å². The van der Waals surface area contributed by atoms with E-state index in [4.69, 9.17) is 4.74 Å². The van der Waals surface area contributed by atoms with Gasteiger partial charge in [-0.3, -0.25) is 0 Å². The van der Waals surface area contributed by atoms with Gasteiger partial charge in [0.2, 0.25) is 6.04 Å². The molecule has 23 heavy (non-hydrogen) atoms. The molecule has 0 saturated heterocycles. The average molecular weight is 318 g/mol. The second-order valence-corrected chi connectivity index (χ2v) is 6.15. The maximum Gasteiger partial charge on any atom is 0.375 e. The van der Waals surface area contributed by atoms with Crippen molar-refractivity contribution in [3.63, 3.8) is 0 Å². The molecule has 0 bridgehead atoms. The van der Waals surface area contributed by atoms with Crippen LogP contribution in [0, 0.1) is 0 Å². The highest BCUT2D eigenvalue weighted by Gasteiger charge is 2.26. The van der Waals surface area contributed by atoms with Crippen LogP contribution in [0.3, 0.4) is 0 Å². The third-order valence-electron chi connectivity index (χ3n) is 3.82. The fourth-order valence-corrected chi connectivity index (χ4v) is 3.28. The predicted octanol–water partition coefficient (Wildman–Crippen LogP) is 3.39. The molecule has 1 aromatic heterocycles. The molecular weight excluding hydrogens is 302 g/mol. The van der Waals surface area contributed by atoms with E-state index in [0.717, 1.165) is 22.8 Å². The topological polar surface area (TPSA) is 23.2 Å². The molecule has 0 spiro atoms. The summed E-state index contributed by atoms with van der Waals surface area (Å²) in [5, 5.41) is 4.16. The van der Waals surface area contributed by atoms with E-state index in [-0.39, 0.29) is 6.04 Å². The summed E-state index contributed by atoms with van der Waals surface area (Å²) in [6.07, 6.45) is 2.14. The second kappa shape index (κ2) is 6.23. The van der Waals surface area contributed by atoms with Crippen molar-refractivity contribution < 1.29 is 9.73 Å². The molecule has 0 aliphatic carbocycles. The van der Waals surface area contributed by atoms with Gasteiger partial charge in [0.05, 0.1) is 5.56 Å². The molecule has 1 atom stereocenters. The van der Waals surface area contributed by atoms with Crippen LogP contribution in [0.1, 0.15) is 22.7 Å². The molecule has 3 aromatic rings. The lowest BCUT2D eigenvalue weighted by Gasteiger charge is -2.16. The van der Waals surface area contributed by atoms with Gasteiger partial charge in [-0.25, -0.2) is 0 Å². The number of thiophene rings is 1. The molecule has 0 radical (unpaired) electrons. The van der Waals surface area contributed by atoms with Crippen LogP contribution < -0.4 is 4.99 Å². The van der Waals surface area contributed by atoms with Gasteiger partial charge in [0, 0.05) is 22.6 Å². The Morgan fingerprint density at radius 2 is 1.57 bits per heavy atom. The minimum atomic E-state index is 0.0926. The molecular formula is C20H16NOS+. The molecule has 1 aliphatic heterocycles. The average Bonchev–Trinajstić information content (AvgIpc) is 3.18. The van der Waals surface area contributed by atoms with Crippen LogP contribution in [0.25, 0.3) is 5.76 Å². The van der Waals surface area contributed by atoms with Gasteiger partial charge in [0.1, 0.15) is 5.76 Å². The maximum absolute atomic E-state index is 6.14. The van der Waals surface area contributed by atoms with Gasteiger partial charge in [0.15, 0.2) is 0 Å². The number of rotatable bonds is 3. The molecule has 2 aromatic carbocycles. The summed E-state index contributed by atoms with van der Waals surface area (Å²) >= 11 is 1.67. The highest BCUT2D eigenvalue weighted by molar-refractivity contribution is 7.08. The van der Waals surface area contributed by atoms with Crippen LogP contribution in [0.2, 0.25) is 0 Å². The van der Waals surface area contributed by atoms with Crippen molar-refractivity contribution in [1.82, 2.24) is 0 Å². The quantitative estimate of drug-likeness (QED) is 0.786. The largest absolute Gasteiger partial charge is 0.404 e. The normalized spacial score (nSPS) is 17.1. The first-order valence-corrected chi connectivity index (χ1v) is 8.50. The van der Waals surface area contributed by atoms with Gasteiger partial charge in [-0.15, -0.1) is 0 Å². The summed E-state index contributed by atoms with van der Waals surface area (Å²) in [6.45, 7) is 0. The van der Waals surface area contributed by atoms with Crippen LogP contribution in [0.5, 0.6) is 0 Å². The fourth-order valence-electron chi connectivity index (χ4n) is 2.64. The van der Waals surface area contributed by atoms with Crippen LogP contribution >= 0.6 is 11.3 Å². The van der Waals surface area contributed by atoms with Crippen LogP contribution in [-0.4, -0.2) is 5.90 Å². The fraction of sp³-hybridized carbons (Fsp3) is 0.0500. The number of hydrogen-bond donors (Lipinski definition) is 1. The molecule has 2 nitrogen and oxygen atoms in total. The molecule has 1 aliphatic rings. The Morgan fingerprint density at radius 1 is 0.826 bits per heavy atom. The SMILES string of the molecule is C1=C(c2ccccc2)OC(c2ccsc2)=[NH+]C1c1ccccc1. The number of ether oxygens (including phenoxy) is 1. The Bertz CT molecular complexity index is 836. The van der Waals surface area contributed by atoms with Crippen molar-refractivity contribution in [2.75, 3.05) is 0 Å². The van der Waals surface area contributed by atoms with E-state index in [2.05, 4.69) is 64.3 Å². The van der Waals surface area contributed by atoms with Crippen LogP contribution in [-0.2, 0) is 4.74 Å². The maximum atomic E-state index is 6.14. The molecule has 2 heterocycles. The summed E-state index contributed by atoms with van der Waals surface area (Å²) in [7, 11) is 0. The van der Waals surface area contributed by atoms with Gasteiger partial charge in [-0.05, 0) is 11.4 Å². The molecule has 3 heteroatoms. The zero-order chi connectivity index (χ0) is 15.5. The summed E-state index contributed by atoms with van der Waals surface area (Å²) in [6, 6.07) is 22.8. The standard InChI is InChI=1S/C20H15NOS/c1-3-7-15(8-4-1)18-13-19(16-9-5-2-6-10-16)22-20(21-18)17-11-12-23-14-17/h1-14,18H/p+1. The number of benzene rings is 2. The first-order valence-electron chi connectivity index (χ1n) is 7.56. The van der Waals surface area contributed by atoms with E-state index >= 15 is 0 Å². The molecule has 0 fully saturated rings. The zero-order valence-electron chi connectivity index (χ0n) is 12.5. The molecule has 0 amide bonds. The summed E-state index contributed by atoms with van der Waals surface area (Å²) in [5.41, 5.74) is 3.39. The molecule has 1 N–H and O–H groups in total. The van der Waals surface area contributed by atoms with Crippen molar-refractivity contribution in [1.29, 1.82) is 0 Å². The van der Waals surface area contributed by atoms with Crippen LogP contribution in [0.4, 0.5) is 0 Å². The van der Waals surface area contributed by atoms with Crippen molar-refractivity contribution in [3.05, 3.63) is 100 Å². The zero-order valence-corrected chi connectivity index (χ0v) is 13.3. The molecule has 112 valence electrons. The highest BCUT2D eigenvalue weighted by Crippen LogP contribution is 2.24. The van der Waals surface area contributed by atoms with Crippen molar-refractivity contribution in [2.24, 2.45) is 0 Å². The van der Waals surface area contributed by atoms with Crippen molar-refractivity contribution >= 4 is 23.0 Å². The Labute approximate surface area is 139 Å². The van der Waals surface area contributed by atoms with Crippen molar-refractivity contribution in [3.8, 4) is 0 Å². The van der Waals surface area contributed by atoms with E-state index in [1.807, 2.05) is 24.3 Å². The molecule has 1 unspecified atom stereocenters. The molecule has 4 rings (SSSR count). The van der Waals surface area contributed by atoms with Gasteiger partial charge in [0.25, 0.3) is 0 Å². The summed E-state index contributed by atoms with van der Waals surface area (Å²) < 4.78 is 6.14. The lowest BCUT2D eigenvalue weighted by atomic mass is 10.0. The Kier molecular flexibility index (Phi) is 3.78. The monoisotopic (exact) mass is 318 g/mol. The highest BCUT2D eigenvalue weighted by atomic mass is 32.1. The van der Waals surface area contributed by atoms with E-state index in [1.165, 1.54) is 5.56 Å². The Hall–Kier alpha value is -2.65. The minimum Gasteiger partial charge on any atom is -0.404 e. The third-order valence-corrected chi connectivity index (χ3v) is 4.50. The van der Waals surface area contributed by atoms with Gasteiger partial charge in [-0.2, -0.15) is 16.3 Å². The van der Waals surface area contributed by atoms with Gasteiger partial charge in [-0.1, -0.05) is 60.7 Å². The lowest BCUT2D eigenvalue weighted by Crippen LogP contribution is -2.76. The first-order chi connectivity index (χ1) is 11.4. The van der Waals surface area contributed by atoms with Crippen molar-refractivity contribution in [2.45, 2.75) is 6.04 Å². The van der Waals surface area contributed by atoms with Gasteiger partial charge >= 0.3 is 5.90 Å². The number of nitrogens with one attached hydrogen (secondary N) is 1. The van der Waals surface area contributed by atoms with Gasteiger partial charge < -0.3 is 4.74 Å². The second-order valence-electron chi connectivity index (χ2n) is 5.37. The van der Waals surface area contributed by atoms with E-state index < -0.39 is 0 Å². The first kappa shape index (κ1) is 14.0. The summed E-state index contributed by atoms with van der Waals surface area (Å²) in [5.74, 6) is 1.70. The van der Waals surface area contributed by atoms with E-state index in [0.29, 0.717) is 0 Å². The summed E-state index contributed by atoms with van der Waals surface area (Å²) in [4.78, 5) is 3.50. The number of hydrogen-bond acceptors (Lipinski definition) is 2. The minimum absolute atomic E-state index is 0.0926. The van der Waals surface area contributed by atoms with Crippen LogP contribution in [0.15, 0.2) is 83.6 Å². The Morgan fingerprint density at radius 3 is 2.26 bits per heavy atom. The molecule has 0 saturated carbocycles. The third kappa shape index (κ3) is 2.96. The predicted molar refractivity (Wildman–Crippen MR) is 94.1 cm³/mol. The smallest absolute Gasteiger partial charge is 0.375 e. The van der Waals surface area contributed by atoms with E-state index in [9.17, 15) is 0 Å².